The summed E-state index contributed by atoms with van der Waals surface area (Å²) in [4.78, 5) is 11.6. The number of thiophene rings is 1. The van der Waals surface area contributed by atoms with Gasteiger partial charge in [0, 0.05) is 15.4 Å². The topological polar surface area (TPSA) is 46.5 Å². The maximum absolute atomic E-state index is 10.5. The molecule has 0 radical (unpaired) electrons. The van der Waals surface area contributed by atoms with E-state index < -0.39 is 5.97 Å². The molecule has 0 amide bonds. The van der Waals surface area contributed by atoms with Crippen LogP contribution in [-0.2, 0) is 11.4 Å². The average molecular weight is 374 g/mol. The molecule has 0 spiro atoms. The van der Waals surface area contributed by atoms with Gasteiger partial charge >= 0.3 is 5.97 Å². The van der Waals surface area contributed by atoms with E-state index in [-0.39, 0.29) is 0 Å². The summed E-state index contributed by atoms with van der Waals surface area (Å²) < 4.78 is 7.19. The van der Waals surface area contributed by atoms with E-state index in [0.29, 0.717) is 12.4 Å². The van der Waals surface area contributed by atoms with Crippen molar-refractivity contribution in [1.29, 1.82) is 0 Å². The molecular weight excluding hydrogens is 364 g/mol. The van der Waals surface area contributed by atoms with Crippen LogP contribution in [0.15, 0.2) is 40.9 Å². The molecule has 1 aromatic heterocycles. The summed E-state index contributed by atoms with van der Waals surface area (Å²) in [5.41, 5.74) is 0.745. The van der Waals surface area contributed by atoms with Crippen molar-refractivity contribution in [3.63, 3.8) is 0 Å². The summed E-state index contributed by atoms with van der Waals surface area (Å²) in [6, 6.07) is 9.15. The van der Waals surface area contributed by atoms with Crippen LogP contribution < -0.4 is 4.74 Å². The molecule has 1 heterocycles. The van der Waals surface area contributed by atoms with Crippen LogP contribution in [0.1, 0.15) is 10.4 Å². The van der Waals surface area contributed by atoms with Gasteiger partial charge in [-0.05, 0) is 42.0 Å². The number of ether oxygens (including phenoxy) is 1. The fourth-order valence-corrected chi connectivity index (χ4v) is 2.86. The predicted octanol–water partition coefficient (Wildman–Crippen LogP) is 4.84. The quantitative estimate of drug-likeness (QED) is 0.763. The monoisotopic (exact) mass is 372 g/mol. The summed E-state index contributed by atoms with van der Waals surface area (Å²) in [5, 5.41) is 8.64. The molecule has 0 aliphatic heterocycles. The minimum Gasteiger partial charge on any atom is -0.488 e. The molecule has 20 heavy (non-hydrogen) atoms. The van der Waals surface area contributed by atoms with Crippen molar-refractivity contribution in [1.82, 2.24) is 0 Å². The molecule has 0 atom stereocenters. The van der Waals surface area contributed by atoms with Gasteiger partial charge in [-0.25, -0.2) is 4.79 Å². The molecule has 0 unspecified atom stereocenters. The number of hydrogen-bond donors (Lipinski definition) is 1. The molecule has 2 rings (SSSR count). The molecule has 1 aromatic carbocycles. The van der Waals surface area contributed by atoms with E-state index in [2.05, 4.69) is 15.9 Å². The first kappa shape index (κ1) is 15.1. The van der Waals surface area contributed by atoms with E-state index in [9.17, 15) is 4.79 Å². The first-order chi connectivity index (χ1) is 9.54. The molecule has 0 aliphatic carbocycles. The minimum atomic E-state index is -0.989. The Morgan fingerprint density at radius 3 is 2.85 bits per heavy atom. The third kappa shape index (κ3) is 4.37. The van der Waals surface area contributed by atoms with Gasteiger partial charge in [-0.1, -0.05) is 27.5 Å². The van der Waals surface area contributed by atoms with Crippen molar-refractivity contribution in [2.45, 2.75) is 6.61 Å². The smallest absolute Gasteiger partial charge is 0.328 e. The molecule has 3 nitrogen and oxygen atoms in total. The van der Waals surface area contributed by atoms with Crippen LogP contribution in [0.25, 0.3) is 6.08 Å². The Morgan fingerprint density at radius 1 is 1.40 bits per heavy atom. The predicted molar refractivity (Wildman–Crippen MR) is 84.5 cm³/mol. The molecule has 0 fully saturated rings. The van der Waals surface area contributed by atoms with Crippen LogP contribution in [0.3, 0.4) is 0 Å². The van der Waals surface area contributed by atoms with Gasteiger partial charge in [0.05, 0.1) is 4.34 Å². The van der Waals surface area contributed by atoms with Crippen molar-refractivity contribution < 1.29 is 14.6 Å². The van der Waals surface area contributed by atoms with E-state index in [0.717, 1.165) is 25.3 Å². The van der Waals surface area contributed by atoms with Crippen LogP contribution >= 0.6 is 38.9 Å². The zero-order valence-electron chi connectivity index (χ0n) is 10.2. The van der Waals surface area contributed by atoms with Gasteiger partial charge in [-0.3, -0.25) is 0 Å². The Balaban J connectivity index is 2.08. The Morgan fingerprint density at radius 2 is 2.20 bits per heavy atom. The van der Waals surface area contributed by atoms with Crippen molar-refractivity contribution in [2.24, 2.45) is 0 Å². The van der Waals surface area contributed by atoms with E-state index >= 15 is 0 Å². The second kappa shape index (κ2) is 6.92. The highest BCUT2D eigenvalue weighted by molar-refractivity contribution is 9.10. The Hall–Kier alpha value is -1.30. The first-order valence-electron chi connectivity index (χ1n) is 5.62. The number of benzene rings is 1. The number of carboxylic acid groups (broad SMARTS) is 1. The highest BCUT2D eigenvalue weighted by Crippen LogP contribution is 2.26. The van der Waals surface area contributed by atoms with Gasteiger partial charge in [0.25, 0.3) is 0 Å². The molecule has 0 bridgehead atoms. The lowest BCUT2D eigenvalue weighted by molar-refractivity contribution is -0.131. The van der Waals surface area contributed by atoms with Gasteiger partial charge < -0.3 is 9.84 Å². The van der Waals surface area contributed by atoms with Crippen molar-refractivity contribution >= 4 is 50.9 Å². The largest absolute Gasteiger partial charge is 0.488 e. The summed E-state index contributed by atoms with van der Waals surface area (Å²) in [7, 11) is 0. The van der Waals surface area contributed by atoms with E-state index in [1.165, 1.54) is 17.4 Å². The number of aliphatic carboxylic acids is 1. The lowest BCUT2D eigenvalue weighted by atomic mass is 10.2. The van der Waals surface area contributed by atoms with Crippen molar-refractivity contribution in [3.8, 4) is 5.75 Å². The minimum absolute atomic E-state index is 0.432. The maximum atomic E-state index is 10.5. The van der Waals surface area contributed by atoms with Gasteiger partial charge in [-0.15, -0.1) is 11.3 Å². The zero-order valence-corrected chi connectivity index (χ0v) is 13.3. The molecular formula is C14H10BrClO3S. The maximum Gasteiger partial charge on any atom is 0.328 e. The fraction of sp³-hybridized carbons (Fsp3) is 0.0714. The van der Waals surface area contributed by atoms with E-state index in [1.807, 2.05) is 24.3 Å². The highest BCUT2D eigenvalue weighted by atomic mass is 79.9. The van der Waals surface area contributed by atoms with Crippen LogP contribution in [-0.4, -0.2) is 11.1 Å². The van der Waals surface area contributed by atoms with Gasteiger partial charge in [0.1, 0.15) is 12.4 Å². The van der Waals surface area contributed by atoms with Gasteiger partial charge in [-0.2, -0.15) is 0 Å². The summed E-state index contributed by atoms with van der Waals surface area (Å²) in [6.07, 6.45) is 2.60. The number of halogens is 2. The van der Waals surface area contributed by atoms with Crippen LogP contribution in [0.2, 0.25) is 4.34 Å². The van der Waals surface area contributed by atoms with E-state index in [4.69, 9.17) is 21.4 Å². The third-order valence-electron chi connectivity index (χ3n) is 2.38. The number of carboxylic acids is 1. The normalized spacial score (nSPS) is 10.9. The zero-order chi connectivity index (χ0) is 14.5. The molecule has 104 valence electrons. The van der Waals surface area contributed by atoms with E-state index in [1.54, 1.807) is 6.07 Å². The Labute approximate surface area is 133 Å². The molecule has 6 heteroatoms. The first-order valence-corrected chi connectivity index (χ1v) is 7.61. The second-order valence-electron chi connectivity index (χ2n) is 3.85. The summed E-state index contributed by atoms with van der Waals surface area (Å²) in [5.74, 6) is -0.320. The molecule has 0 saturated carbocycles. The second-order valence-corrected chi connectivity index (χ2v) is 6.50. The third-order valence-corrected chi connectivity index (χ3v) is 4.31. The van der Waals surface area contributed by atoms with Crippen molar-refractivity contribution in [3.05, 3.63) is 55.7 Å². The Bertz CT molecular complexity index is 652. The van der Waals surface area contributed by atoms with Crippen LogP contribution in [0.5, 0.6) is 5.75 Å². The molecule has 1 N–H and O–H groups in total. The molecule has 0 aliphatic rings. The molecule has 2 aromatic rings. The highest BCUT2D eigenvalue weighted by Gasteiger charge is 2.03. The van der Waals surface area contributed by atoms with Crippen LogP contribution in [0, 0.1) is 0 Å². The lowest BCUT2D eigenvalue weighted by Gasteiger charge is -2.06. The SMILES string of the molecule is O=C(O)/C=C/c1cc(OCc2ccc(Cl)s2)ccc1Br. The summed E-state index contributed by atoms with van der Waals surface area (Å²) >= 11 is 10.7. The lowest BCUT2D eigenvalue weighted by Crippen LogP contribution is -1.93. The standard InChI is InChI=1S/C14H10BrClO3S/c15-12-4-2-10(7-9(12)1-6-14(17)18)19-8-11-3-5-13(16)20-11/h1-7H,8H2,(H,17,18)/b6-1+. The number of rotatable bonds is 5. The summed E-state index contributed by atoms with van der Waals surface area (Å²) in [6.45, 7) is 0.432. The van der Waals surface area contributed by atoms with Crippen molar-refractivity contribution in [2.75, 3.05) is 0 Å². The fourth-order valence-electron chi connectivity index (χ4n) is 1.48. The molecule has 0 saturated heterocycles. The van der Waals surface area contributed by atoms with Gasteiger partial charge in [0.15, 0.2) is 0 Å². The van der Waals surface area contributed by atoms with Gasteiger partial charge in [0.2, 0.25) is 0 Å². The van der Waals surface area contributed by atoms with Crippen LogP contribution in [0.4, 0.5) is 0 Å². The number of hydrogen-bond acceptors (Lipinski definition) is 3. The Kier molecular flexibility index (Phi) is 5.23. The average Bonchev–Trinajstić information content (AvgIpc) is 2.82. The number of carbonyl (C=O) groups is 1.